The number of likely N-dealkylation sites (tertiary alicyclic amines) is 1. The predicted molar refractivity (Wildman–Crippen MR) is 89.2 cm³/mol. The third-order valence-corrected chi connectivity index (χ3v) is 4.04. The maximum atomic E-state index is 6.30. The van der Waals surface area contributed by atoms with Gasteiger partial charge >= 0.3 is 0 Å². The van der Waals surface area contributed by atoms with Gasteiger partial charge in [0.15, 0.2) is 0 Å². The Kier molecular flexibility index (Phi) is 6.81. The number of rotatable bonds is 8. The fourth-order valence-corrected chi connectivity index (χ4v) is 2.83. The Labute approximate surface area is 133 Å². The summed E-state index contributed by atoms with van der Waals surface area (Å²) in [4.78, 5) is 2.44. The summed E-state index contributed by atoms with van der Waals surface area (Å²) >= 11 is 6.30. The third-order valence-electron chi connectivity index (χ3n) is 3.74. The van der Waals surface area contributed by atoms with Crippen molar-refractivity contribution >= 4 is 11.6 Å². The normalized spacial score (nSPS) is 15.8. The molecule has 2 rings (SSSR count). The molecular weight excluding hydrogens is 284 g/mol. The average Bonchev–Trinajstić information content (AvgIpc) is 2.94. The summed E-state index contributed by atoms with van der Waals surface area (Å²) in [6, 6.07) is 6.07. The first-order chi connectivity index (χ1) is 10.1. The van der Waals surface area contributed by atoms with Gasteiger partial charge < -0.3 is 10.1 Å². The van der Waals surface area contributed by atoms with Gasteiger partial charge in [0, 0.05) is 13.1 Å². The number of halogens is 1. The molecule has 0 bridgehead atoms. The number of hydrogen-bond acceptors (Lipinski definition) is 3. The lowest BCUT2D eigenvalue weighted by atomic mass is 10.2. The SMILES string of the molecule is CC(C)CNCc1ccc(OCCN2CCCC2)c(Cl)c1. The minimum Gasteiger partial charge on any atom is -0.491 e. The molecule has 1 aliphatic rings. The van der Waals surface area contributed by atoms with Crippen LogP contribution in [0.15, 0.2) is 18.2 Å². The number of benzene rings is 1. The van der Waals surface area contributed by atoms with E-state index in [1.165, 1.54) is 31.5 Å². The van der Waals surface area contributed by atoms with E-state index in [1.807, 2.05) is 12.1 Å². The van der Waals surface area contributed by atoms with E-state index in [0.717, 1.165) is 25.4 Å². The van der Waals surface area contributed by atoms with Crippen molar-refractivity contribution in [1.29, 1.82) is 0 Å². The number of nitrogens with zero attached hydrogens (tertiary/aromatic N) is 1. The van der Waals surface area contributed by atoms with Crippen LogP contribution in [0, 0.1) is 5.92 Å². The lowest BCUT2D eigenvalue weighted by Gasteiger charge is -2.16. The van der Waals surface area contributed by atoms with Crippen molar-refractivity contribution in [2.75, 3.05) is 32.8 Å². The van der Waals surface area contributed by atoms with Crippen LogP contribution >= 0.6 is 11.6 Å². The van der Waals surface area contributed by atoms with E-state index in [1.54, 1.807) is 0 Å². The van der Waals surface area contributed by atoms with Crippen molar-refractivity contribution in [1.82, 2.24) is 10.2 Å². The molecule has 1 aliphatic heterocycles. The minimum atomic E-state index is 0.661. The second-order valence-electron chi connectivity index (χ2n) is 6.19. The average molecular weight is 311 g/mol. The molecule has 1 fully saturated rings. The first-order valence-electron chi connectivity index (χ1n) is 7.99. The van der Waals surface area contributed by atoms with E-state index in [4.69, 9.17) is 16.3 Å². The molecule has 0 aliphatic carbocycles. The standard InChI is InChI=1S/C17H27ClN2O/c1-14(2)12-19-13-15-5-6-17(16(18)11-15)21-10-9-20-7-3-4-8-20/h5-6,11,14,19H,3-4,7-10,12-13H2,1-2H3. The van der Waals surface area contributed by atoms with Gasteiger partial charge in [0.05, 0.1) is 5.02 Å². The molecule has 0 aromatic heterocycles. The van der Waals surface area contributed by atoms with E-state index in [2.05, 4.69) is 30.1 Å². The summed E-state index contributed by atoms with van der Waals surface area (Å²) in [5, 5.41) is 4.13. The summed E-state index contributed by atoms with van der Waals surface area (Å²) in [5.41, 5.74) is 1.20. The topological polar surface area (TPSA) is 24.5 Å². The van der Waals surface area contributed by atoms with Gasteiger partial charge in [-0.2, -0.15) is 0 Å². The Bertz CT molecular complexity index is 431. The van der Waals surface area contributed by atoms with Crippen molar-refractivity contribution in [2.24, 2.45) is 5.92 Å². The van der Waals surface area contributed by atoms with Gasteiger partial charge in [0.2, 0.25) is 0 Å². The van der Waals surface area contributed by atoms with Crippen LogP contribution in [0.4, 0.5) is 0 Å². The fraction of sp³-hybridized carbons (Fsp3) is 0.647. The summed E-state index contributed by atoms with van der Waals surface area (Å²) in [5.74, 6) is 1.46. The van der Waals surface area contributed by atoms with Crippen molar-refractivity contribution in [2.45, 2.75) is 33.2 Å². The van der Waals surface area contributed by atoms with Crippen molar-refractivity contribution < 1.29 is 4.74 Å². The Morgan fingerprint density at radius 3 is 2.71 bits per heavy atom. The summed E-state index contributed by atoms with van der Waals surface area (Å²) < 4.78 is 5.80. The van der Waals surface area contributed by atoms with Crippen LogP contribution in [0.25, 0.3) is 0 Å². The van der Waals surface area contributed by atoms with Gasteiger partial charge in [0.25, 0.3) is 0 Å². The molecule has 0 atom stereocenters. The van der Waals surface area contributed by atoms with Crippen LogP contribution in [0.2, 0.25) is 5.02 Å². The summed E-state index contributed by atoms with van der Waals surface area (Å²) in [6.45, 7) is 10.4. The molecule has 1 N–H and O–H groups in total. The molecule has 0 radical (unpaired) electrons. The Morgan fingerprint density at radius 2 is 2.05 bits per heavy atom. The molecule has 1 aromatic rings. The molecule has 1 heterocycles. The number of ether oxygens (including phenoxy) is 1. The smallest absolute Gasteiger partial charge is 0.137 e. The molecule has 1 saturated heterocycles. The largest absolute Gasteiger partial charge is 0.491 e. The first-order valence-corrected chi connectivity index (χ1v) is 8.37. The van der Waals surface area contributed by atoms with Gasteiger partial charge in [-0.3, -0.25) is 4.90 Å². The third kappa shape index (κ3) is 5.85. The van der Waals surface area contributed by atoms with E-state index in [-0.39, 0.29) is 0 Å². The highest BCUT2D eigenvalue weighted by molar-refractivity contribution is 6.32. The van der Waals surface area contributed by atoms with Crippen LogP contribution in [0.5, 0.6) is 5.75 Å². The maximum Gasteiger partial charge on any atom is 0.137 e. The van der Waals surface area contributed by atoms with E-state index >= 15 is 0 Å². The Balaban J connectivity index is 1.75. The monoisotopic (exact) mass is 310 g/mol. The highest BCUT2D eigenvalue weighted by atomic mass is 35.5. The fourth-order valence-electron chi connectivity index (χ4n) is 2.57. The first kappa shape index (κ1) is 16.6. The van der Waals surface area contributed by atoms with Gasteiger partial charge in [-0.25, -0.2) is 0 Å². The lowest BCUT2D eigenvalue weighted by molar-refractivity contribution is 0.238. The van der Waals surface area contributed by atoms with Crippen LogP contribution < -0.4 is 10.1 Å². The molecule has 4 heteroatoms. The second-order valence-corrected chi connectivity index (χ2v) is 6.59. The zero-order valence-electron chi connectivity index (χ0n) is 13.2. The number of hydrogen-bond donors (Lipinski definition) is 1. The molecule has 0 saturated carbocycles. The van der Waals surface area contributed by atoms with E-state index in [9.17, 15) is 0 Å². The van der Waals surface area contributed by atoms with Gasteiger partial charge in [0.1, 0.15) is 12.4 Å². The molecule has 3 nitrogen and oxygen atoms in total. The quantitative estimate of drug-likeness (QED) is 0.794. The predicted octanol–water partition coefficient (Wildman–Crippen LogP) is 3.56. The van der Waals surface area contributed by atoms with Gasteiger partial charge in [-0.05, 0) is 56.1 Å². The van der Waals surface area contributed by atoms with Crippen LogP contribution in [0.1, 0.15) is 32.3 Å². The molecule has 0 spiro atoms. The second kappa shape index (κ2) is 8.62. The molecule has 1 aromatic carbocycles. The lowest BCUT2D eigenvalue weighted by Crippen LogP contribution is -2.25. The molecule has 118 valence electrons. The Morgan fingerprint density at radius 1 is 1.29 bits per heavy atom. The van der Waals surface area contributed by atoms with Crippen molar-refractivity contribution in [3.63, 3.8) is 0 Å². The van der Waals surface area contributed by atoms with E-state index in [0.29, 0.717) is 17.5 Å². The molecule has 0 amide bonds. The zero-order chi connectivity index (χ0) is 15.1. The number of nitrogens with one attached hydrogen (secondary N) is 1. The van der Waals surface area contributed by atoms with Crippen LogP contribution in [-0.2, 0) is 6.54 Å². The van der Waals surface area contributed by atoms with Crippen molar-refractivity contribution in [3.05, 3.63) is 28.8 Å². The highest BCUT2D eigenvalue weighted by Crippen LogP contribution is 2.25. The molecule has 0 unspecified atom stereocenters. The van der Waals surface area contributed by atoms with Crippen molar-refractivity contribution in [3.8, 4) is 5.75 Å². The zero-order valence-corrected chi connectivity index (χ0v) is 14.0. The van der Waals surface area contributed by atoms with Gasteiger partial charge in [-0.15, -0.1) is 0 Å². The van der Waals surface area contributed by atoms with Gasteiger partial charge in [-0.1, -0.05) is 31.5 Å². The summed E-state index contributed by atoms with van der Waals surface area (Å²) in [6.07, 6.45) is 2.64. The minimum absolute atomic E-state index is 0.661. The Hall–Kier alpha value is -0.770. The van der Waals surface area contributed by atoms with Crippen LogP contribution in [-0.4, -0.2) is 37.7 Å². The molecule has 21 heavy (non-hydrogen) atoms. The summed E-state index contributed by atoms with van der Waals surface area (Å²) in [7, 11) is 0. The highest BCUT2D eigenvalue weighted by Gasteiger charge is 2.11. The van der Waals surface area contributed by atoms with Crippen LogP contribution in [0.3, 0.4) is 0 Å². The molecular formula is C17H27ClN2O. The van der Waals surface area contributed by atoms with E-state index < -0.39 is 0 Å². The maximum absolute atomic E-state index is 6.30.